The second-order valence-corrected chi connectivity index (χ2v) is 8.51. The van der Waals surface area contributed by atoms with Gasteiger partial charge in [0.05, 0.1) is 23.8 Å². The average Bonchev–Trinajstić information content (AvgIpc) is 2.81. The van der Waals surface area contributed by atoms with Gasteiger partial charge in [0, 0.05) is 22.4 Å². The Balaban J connectivity index is 1.75. The van der Waals surface area contributed by atoms with Crippen LogP contribution in [0.25, 0.3) is 5.70 Å². The fourth-order valence-electron chi connectivity index (χ4n) is 3.99. The highest BCUT2D eigenvalue weighted by Gasteiger charge is 2.31. The Kier molecular flexibility index (Phi) is 7.33. The fraction of sp³-hybridized carbons (Fsp3) is 0.231. The summed E-state index contributed by atoms with van der Waals surface area (Å²) >= 11 is 12.7. The van der Waals surface area contributed by atoms with E-state index in [2.05, 4.69) is 16.7 Å². The summed E-state index contributed by atoms with van der Waals surface area (Å²) in [6.45, 7) is 4.95. The van der Waals surface area contributed by atoms with Gasteiger partial charge in [-0.1, -0.05) is 29.3 Å². The van der Waals surface area contributed by atoms with Crippen LogP contribution in [0, 0.1) is 0 Å². The molecule has 5 nitrogen and oxygen atoms in total. The minimum atomic E-state index is -0.193. The minimum Gasteiger partial charge on any atom is -0.504 e. The van der Waals surface area contributed by atoms with Crippen LogP contribution in [0.1, 0.15) is 42.7 Å². The number of phenols is 1. The molecule has 0 spiro atoms. The fourth-order valence-corrected chi connectivity index (χ4v) is 4.52. The maximum absolute atomic E-state index is 10.9. The second-order valence-electron chi connectivity index (χ2n) is 7.67. The predicted molar refractivity (Wildman–Crippen MR) is 132 cm³/mol. The van der Waals surface area contributed by atoms with Crippen LogP contribution in [0.2, 0.25) is 10.0 Å². The third kappa shape index (κ3) is 5.22. The van der Waals surface area contributed by atoms with E-state index in [1.165, 1.54) is 0 Å². The van der Waals surface area contributed by atoms with Gasteiger partial charge < -0.3 is 25.2 Å². The van der Waals surface area contributed by atoms with E-state index in [9.17, 15) is 5.11 Å². The van der Waals surface area contributed by atoms with Gasteiger partial charge in [0.1, 0.15) is 11.8 Å². The van der Waals surface area contributed by atoms with Crippen molar-refractivity contribution in [1.82, 2.24) is 5.32 Å². The van der Waals surface area contributed by atoms with Crippen molar-refractivity contribution in [2.24, 2.45) is 0 Å². The SMILES string of the molecule is CCOc1ccc(C2=CC(c3cccc(OCC)c3O)[NH2+]C(c3ccc(Cl)cc3Cl)N2)cc1. The number of aromatic hydroxyl groups is 1. The quantitative estimate of drug-likeness (QED) is 0.416. The van der Waals surface area contributed by atoms with Gasteiger partial charge in [-0.15, -0.1) is 0 Å². The summed E-state index contributed by atoms with van der Waals surface area (Å²) in [6.07, 6.45) is 1.90. The van der Waals surface area contributed by atoms with Crippen molar-refractivity contribution in [3.8, 4) is 17.2 Å². The zero-order valence-corrected chi connectivity index (χ0v) is 20.0. The lowest BCUT2D eigenvalue weighted by Crippen LogP contribution is -2.89. The van der Waals surface area contributed by atoms with Crippen LogP contribution in [0.4, 0.5) is 0 Å². The Morgan fingerprint density at radius 2 is 1.70 bits per heavy atom. The number of nitrogens with one attached hydrogen (secondary N) is 1. The average molecular weight is 486 g/mol. The molecule has 0 bridgehead atoms. The summed E-state index contributed by atoms with van der Waals surface area (Å²) in [6, 6.07) is 18.8. The lowest BCUT2D eigenvalue weighted by molar-refractivity contribution is -0.731. The van der Waals surface area contributed by atoms with Crippen molar-refractivity contribution in [3.63, 3.8) is 0 Å². The number of para-hydroxylation sites is 1. The number of rotatable bonds is 7. The van der Waals surface area contributed by atoms with Crippen LogP contribution in [0.15, 0.2) is 66.7 Å². The van der Waals surface area contributed by atoms with Gasteiger partial charge in [0.15, 0.2) is 17.7 Å². The molecule has 0 aliphatic carbocycles. The van der Waals surface area contributed by atoms with E-state index in [1.54, 1.807) is 12.1 Å². The van der Waals surface area contributed by atoms with Crippen LogP contribution in [-0.4, -0.2) is 18.3 Å². The lowest BCUT2D eigenvalue weighted by atomic mass is 9.97. The molecule has 0 saturated heterocycles. The van der Waals surface area contributed by atoms with Crippen LogP contribution < -0.4 is 20.1 Å². The number of hydrogen-bond acceptors (Lipinski definition) is 4. The highest BCUT2D eigenvalue weighted by Crippen LogP contribution is 2.36. The van der Waals surface area contributed by atoms with Crippen LogP contribution >= 0.6 is 23.2 Å². The van der Waals surface area contributed by atoms with Crippen LogP contribution in [0.3, 0.4) is 0 Å². The first kappa shape index (κ1) is 23.3. The van der Waals surface area contributed by atoms with Crippen molar-refractivity contribution in [2.75, 3.05) is 13.2 Å². The number of nitrogens with two attached hydrogens (primary N) is 1. The first-order valence-electron chi connectivity index (χ1n) is 11.0. The Morgan fingerprint density at radius 1 is 0.939 bits per heavy atom. The first-order chi connectivity index (χ1) is 16.0. The third-order valence-corrected chi connectivity index (χ3v) is 6.08. The molecule has 172 valence electrons. The predicted octanol–water partition coefficient (Wildman–Crippen LogP) is 5.44. The van der Waals surface area contributed by atoms with Gasteiger partial charge >= 0.3 is 0 Å². The van der Waals surface area contributed by atoms with Crippen molar-refractivity contribution < 1.29 is 19.9 Å². The van der Waals surface area contributed by atoms with Gasteiger partial charge in [0.2, 0.25) is 0 Å². The number of phenolic OH excluding ortho intramolecular Hbond substituents is 1. The van der Waals surface area contributed by atoms with E-state index in [4.69, 9.17) is 32.7 Å². The molecule has 7 heteroatoms. The molecule has 2 unspecified atom stereocenters. The molecule has 4 N–H and O–H groups in total. The molecule has 0 radical (unpaired) electrons. The number of hydrogen-bond donors (Lipinski definition) is 3. The Morgan fingerprint density at radius 3 is 2.39 bits per heavy atom. The molecular weight excluding hydrogens is 459 g/mol. The van der Waals surface area contributed by atoms with Gasteiger partial charge in [-0.2, -0.15) is 0 Å². The summed E-state index contributed by atoms with van der Waals surface area (Å²) in [7, 11) is 0. The topological polar surface area (TPSA) is 67.3 Å². The van der Waals surface area contributed by atoms with E-state index in [0.29, 0.717) is 29.0 Å². The molecular formula is C26H27Cl2N2O3+. The Labute approximate surface area is 203 Å². The maximum atomic E-state index is 10.9. The Hall–Kier alpha value is -2.86. The molecule has 2 atom stereocenters. The van der Waals surface area contributed by atoms with Crippen molar-refractivity contribution in [3.05, 3.63) is 93.5 Å². The number of halogens is 2. The monoisotopic (exact) mass is 485 g/mol. The summed E-state index contributed by atoms with van der Waals surface area (Å²) in [5.74, 6) is 1.44. The molecule has 3 aromatic carbocycles. The Bertz CT molecular complexity index is 1150. The van der Waals surface area contributed by atoms with E-state index in [1.807, 2.05) is 62.4 Å². The minimum absolute atomic E-state index is 0.144. The lowest BCUT2D eigenvalue weighted by Gasteiger charge is -2.30. The molecule has 1 aliphatic heterocycles. The molecule has 3 aromatic rings. The van der Waals surface area contributed by atoms with Gasteiger partial charge in [-0.25, -0.2) is 0 Å². The summed E-state index contributed by atoms with van der Waals surface area (Å²) < 4.78 is 11.2. The molecule has 1 aliphatic rings. The summed E-state index contributed by atoms with van der Waals surface area (Å²) in [5.41, 5.74) is 3.61. The van der Waals surface area contributed by atoms with Crippen LogP contribution in [-0.2, 0) is 0 Å². The third-order valence-electron chi connectivity index (χ3n) is 5.52. The zero-order valence-electron chi connectivity index (χ0n) is 18.5. The number of quaternary nitrogens is 1. The molecule has 0 amide bonds. The highest BCUT2D eigenvalue weighted by atomic mass is 35.5. The summed E-state index contributed by atoms with van der Waals surface area (Å²) in [5, 5.41) is 17.8. The molecule has 33 heavy (non-hydrogen) atoms. The van der Waals surface area contributed by atoms with Gasteiger partial charge in [-0.3, -0.25) is 0 Å². The highest BCUT2D eigenvalue weighted by molar-refractivity contribution is 6.35. The molecule has 0 aromatic heterocycles. The molecule has 0 fully saturated rings. The molecule has 4 rings (SSSR count). The van der Waals surface area contributed by atoms with E-state index < -0.39 is 0 Å². The molecule has 1 heterocycles. The standard InChI is InChI=1S/C26H26Cl2N2O3/c1-3-32-18-11-8-16(9-12-18)22-15-23(20-6-5-7-24(25(20)31)33-4-2)30-26(29-22)19-13-10-17(27)14-21(19)28/h5-15,23,26,29-31H,3-4H2,1-2H3/p+1. The molecule has 0 saturated carbocycles. The van der Waals surface area contributed by atoms with Crippen molar-refractivity contribution in [2.45, 2.75) is 26.1 Å². The van der Waals surface area contributed by atoms with E-state index in [0.717, 1.165) is 28.1 Å². The van der Waals surface area contributed by atoms with Gasteiger partial charge in [0.25, 0.3) is 0 Å². The first-order valence-corrected chi connectivity index (χ1v) is 11.7. The zero-order chi connectivity index (χ0) is 23.4. The van der Waals surface area contributed by atoms with Crippen LogP contribution in [0.5, 0.6) is 17.2 Å². The number of benzene rings is 3. The smallest absolute Gasteiger partial charge is 0.188 e. The summed E-state index contributed by atoms with van der Waals surface area (Å²) in [4.78, 5) is 0. The van der Waals surface area contributed by atoms with E-state index >= 15 is 0 Å². The van der Waals surface area contributed by atoms with Crippen molar-refractivity contribution in [1.29, 1.82) is 0 Å². The van der Waals surface area contributed by atoms with Gasteiger partial charge in [-0.05, 0) is 74.0 Å². The maximum Gasteiger partial charge on any atom is 0.188 e. The second kappa shape index (κ2) is 10.4. The largest absolute Gasteiger partial charge is 0.504 e. The van der Waals surface area contributed by atoms with E-state index in [-0.39, 0.29) is 18.0 Å². The number of ether oxygens (including phenoxy) is 2. The van der Waals surface area contributed by atoms with Crippen molar-refractivity contribution >= 4 is 28.9 Å². The normalized spacial score (nSPS) is 17.8.